The smallest absolute Gasteiger partial charge is 0.266 e. The van der Waals surface area contributed by atoms with Crippen molar-refractivity contribution in [2.75, 3.05) is 16.6 Å². The second-order valence-corrected chi connectivity index (χ2v) is 8.61. The van der Waals surface area contributed by atoms with Crippen molar-refractivity contribution >= 4 is 46.4 Å². The zero-order valence-corrected chi connectivity index (χ0v) is 19.2. The number of ether oxygens (including phenoxy) is 1. The Morgan fingerprint density at radius 1 is 0.909 bits per heavy atom. The highest BCUT2D eigenvalue weighted by Gasteiger charge is 2.60. The van der Waals surface area contributed by atoms with Crippen molar-refractivity contribution in [3.8, 4) is 5.75 Å². The van der Waals surface area contributed by atoms with E-state index < -0.39 is 24.0 Å². The van der Waals surface area contributed by atoms with Crippen molar-refractivity contribution in [1.29, 1.82) is 0 Å². The Labute approximate surface area is 201 Å². The Morgan fingerprint density at radius 2 is 1.67 bits per heavy atom. The van der Waals surface area contributed by atoms with Crippen LogP contribution in [0.25, 0.3) is 0 Å². The van der Waals surface area contributed by atoms with E-state index in [9.17, 15) is 9.59 Å². The number of imide groups is 1. The van der Waals surface area contributed by atoms with Gasteiger partial charge in [0.25, 0.3) is 5.91 Å². The second-order valence-electron chi connectivity index (χ2n) is 7.77. The Morgan fingerprint density at radius 3 is 2.39 bits per heavy atom. The molecule has 0 bridgehead atoms. The van der Waals surface area contributed by atoms with Gasteiger partial charge in [0.15, 0.2) is 6.10 Å². The number of hydrogen-bond acceptors (Lipinski definition) is 5. The number of nitrogens with zero attached hydrogens (tertiary/aromatic N) is 2. The van der Waals surface area contributed by atoms with Crippen LogP contribution in [-0.4, -0.2) is 24.5 Å². The fourth-order valence-corrected chi connectivity index (χ4v) is 4.92. The number of halogens is 2. The van der Waals surface area contributed by atoms with Gasteiger partial charge in [0.2, 0.25) is 5.91 Å². The summed E-state index contributed by atoms with van der Waals surface area (Å²) in [5.41, 5.74) is 1.82. The molecule has 0 unspecified atom stereocenters. The molecule has 168 valence electrons. The van der Waals surface area contributed by atoms with Crippen LogP contribution in [0.3, 0.4) is 0 Å². The van der Waals surface area contributed by atoms with Crippen LogP contribution in [-0.2, 0) is 14.4 Å². The fraction of sp³-hybridized carbons (Fsp3) is 0.200. The summed E-state index contributed by atoms with van der Waals surface area (Å²) in [5.74, 6) is -0.982. The number of benzene rings is 3. The van der Waals surface area contributed by atoms with E-state index in [1.807, 2.05) is 37.3 Å². The maximum atomic E-state index is 13.7. The molecule has 2 saturated heterocycles. The molecule has 2 aliphatic rings. The topological polar surface area (TPSA) is 59.1 Å². The first-order valence-corrected chi connectivity index (χ1v) is 11.3. The first-order chi connectivity index (χ1) is 16.0. The normalized spacial score (nSPS) is 22.1. The Bertz CT molecular complexity index is 1220. The van der Waals surface area contributed by atoms with E-state index in [1.165, 1.54) is 4.90 Å². The van der Waals surface area contributed by atoms with E-state index in [2.05, 4.69) is 0 Å². The summed E-state index contributed by atoms with van der Waals surface area (Å²) in [6.45, 7) is 2.35. The van der Waals surface area contributed by atoms with Crippen LogP contribution in [0.1, 0.15) is 18.5 Å². The lowest BCUT2D eigenvalue weighted by Crippen LogP contribution is -2.37. The lowest BCUT2D eigenvalue weighted by atomic mass is 9.90. The maximum absolute atomic E-state index is 13.7. The Hall–Kier alpha value is -3.06. The minimum atomic E-state index is -0.981. The average molecular weight is 483 g/mol. The standard InChI is InChI=1S/C25H20Cl2N2O4/c1-2-32-18-10-6-9-17(14-18)28-24(30)21-22(19-12-11-15(26)13-20(19)27)29(33-23(21)25(28)31)16-7-4-3-5-8-16/h3-14,21-23H,2H2,1H3/t21-,22+,23-/m0/s1. The van der Waals surface area contributed by atoms with Gasteiger partial charge in [-0.05, 0) is 48.9 Å². The number of anilines is 2. The van der Waals surface area contributed by atoms with Gasteiger partial charge < -0.3 is 4.74 Å². The van der Waals surface area contributed by atoms with Crippen LogP contribution in [0.5, 0.6) is 5.75 Å². The van der Waals surface area contributed by atoms with E-state index in [-0.39, 0.29) is 5.91 Å². The van der Waals surface area contributed by atoms with Gasteiger partial charge in [0, 0.05) is 16.1 Å². The van der Waals surface area contributed by atoms with E-state index in [0.29, 0.717) is 39.3 Å². The summed E-state index contributed by atoms with van der Waals surface area (Å²) in [7, 11) is 0. The fourth-order valence-electron chi connectivity index (χ4n) is 4.40. The molecule has 2 fully saturated rings. The van der Waals surface area contributed by atoms with Crippen molar-refractivity contribution in [3.63, 3.8) is 0 Å². The van der Waals surface area contributed by atoms with E-state index in [4.69, 9.17) is 32.8 Å². The molecule has 6 nitrogen and oxygen atoms in total. The van der Waals surface area contributed by atoms with Crippen molar-refractivity contribution in [2.45, 2.75) is 19.1 Å². The van der Waals surface area contributed by atoms with Crippen molar-refractivity contribution in [1.82, 2.24) is 0 Å². The molecule has 0 saturated carbocycles. The van der Waals surface area contributed by atoms with E-state index in [1.54, 1.807) is 47.5 Å². The Kier molecular flexibility index (Phi) is 5.74. The highest BCUT2D eigenvalue weighted by Crippen LogP contribution is 2.49. The molecule has 5 rings (SSSR count). The summed E-state index contributed by atoms with van der Waals surface area (Å²) in [6, 6.07) is 20.7. The van der Waals surface area contributed by atoms with Crippen LogP contribution >= 0.6 is 23.2 Å². The molecule has 3 atom stereocenters. The van der Waals surface area contributed by atoms with Crippen LogP contribution < -0.4 is 14.7 Å². The summed E-state index contributed by atoms with van der Waals surface area (Å²) in [5, 5.41) is 2.48. The van der Waals surface area contributed by atoms with Gasteiger partial charge in [-0.2, -0.15) is 0 Å². The molecule has 0 aromatic heterocycles. The maximum Gasteiger partial charge on any atom is 0.266 e. The van der Waals surface area contributed by atoms with Crippen molar-refractivity contribution in [2.24, 2.45) is 5.92 Å². The molecular weight excluding hydrogens is 463 g/mol. The predicted octanol–water partition coefficient (Wildman–Crippen LogP) is 5.44. The molecule has 0 aliphatic carbocycles. The summed E-state index contributed by atoms with van der Waals surface area (Å²) in [6.07, 6.45) is -0.981. The van der Waals surface area contributed by atoms with Crippen LogP contribution in [0.4, 0.5) is 11.4 Å². The average Bonchev–Trinajstić information content (AvgIpc) is 3.31. The highest BCUT2D eigenvalue weighted by atomic mass is 35.5. The van der Waals surface area contributed by atoms with Crippen molar-refractivity contribution < 1.29 is 19.2 Å². The molecule has 2 aliphatic heterocycles. The van der Waals surface area contributed by atoms with Gasteiger partial charge in [0.1, 0.15) is 11.7 Å². The number of fused-ring (bicyclic) bond motifs is 1. The zero-order valence-electron chi connectivity index (χ0n) is 17.7. The molecule has 8 heteroatoms. The van der Waals surface area contributed by atoms with Crippen molar-refractivity contribution in [3.05, 3.63) is 88.4 Å². The van der Waals surface area contributed by atoms with Gasteiger partial charge >= 0.3 is 0 Å². The molecule has 2 heterocycles. The van der Waals surface area contributed by atoms with Gasteiger partial charge in [-0.15, -0.1) is 0 Å². The minimum Gasteiger partial charge on any atom is -0.494 e. The molecule has 0 spiro atoms. The number of rotatable bonds is 5. The lowest BCUT2D eigenvalue weighted by Gasteiger charge is -2.29. The number of carbonyl (C=O) groups is 2. The van der Waals surface area contributed by atoms with Gasteiger partial charge in [-0.3, -0.25) is 14.4 Å². The molecular formula is C25H20Cl2N2O4. The molecule has 2 amide bonds. The molecule has 0 radical (unpaired) electrons. The number of para-hydroxylation sites is 1. The minimum absolute atomic E-state index is 0.354. The number of carbonyl (C=O) groups excluding carboxylic acids is 2. The van der Waals surface area contributed by atoms with Crippen LogP contribution in [0.2, 0.25) is 10.0 Å². The van der Waals surface area contributed by atoms with Crippen LogP contribution in [0.15, 0.2) is 72.8 Å². The first kappa shape index (κ1) is 21.8. The number of amides is 2. The largest absolute Gasteiger partial charge is 0.494 e. The van der Waals surface area contributed by atoms with Crippen LogP contribution in [0, 0.1) is 5.92 Å². The monoisotopic (exact) mass is 482 g/mol. The third-order valence-electron chi connectivity index (χ3n) is 5.79. The summed E-state index contributed by atoms with van der Waals surface area (Å²) >= 11 is 12.7. The molecule has 33 heavy (non-hydrogen) atoms. The molecule has 3 aromatic rings. The van der Waals surface area contributed by atoms with E-state index in [0.717, 1.165) is 0 Å². The third kappa shape index (κ3) is 3.74. The molecule has 0 N–H and O–H groups in total. The predicted molar refractivity (Wildman–Crippen MR) is 127 cm³/mol. The number of hydroxylamine groups is 1. The Balaban J connectivity index is 1.58. The van der Waals surface area contributed by atoms with Gasteiger partial charge in [0.05, 0.1) is 24.0 Å². The SMILES string of the molecule is CCOc1cccc(N2C(=O)[C@@H]3[C@H](ON(c4ccccc4)[C@@H]3c3ccc(Cl)cc3Cl)C2=O)c1. The van der Waals surface area contributed by atoms with Gasteiger partial charge in [-0.25, -0.2) is 9.96 Å². The van der Waals surface area contributed by atoms with E-state index >= 15 is 0 Å². The third-order valence-corrected chi connectivity index (χ3v) is 6.36. The zero-order chi connectivity index (χ0) is 23.1. The number of hydrogen-bond donors (Lipinski definition) is 0. The van der Waals surface area contributed by atoms with Gasteiger partial charge in [-0.1, -0.05) is 53.5 Å². The first-order valence-electron chi connectivity index (χ1n) is 10.6. The summed E-state index contributed by atoms with van der Waals surface area (Å²) in [4.78, 5) is 34.4. The lowest BCUT2D eigenvalue weighted by molar-refractivity contribution is -0.126. The highest BCUT2D eigenvalue weighted by molar-refractivity contribution is 6.35. The quantitative estimate of drug-likeness (QED) is 0.453. The summed E-state index contributed by atoms with van der Waals surface area (Å²) < 4.78 is 5.54. The second kappa shape index (κ2) is 8.71. The molecule has 3 aromatic carbocycles.